The summed E-state index contributed by atoms with van der Waals surface area (Å²) in [5.74, 6) is 0. The first-order chi connectivity index (χ1) is 4.93. The monoisotopic (exact) mass is 137 g/mol. The fraction of sp³-hybridized carbons (Fsp3) is 0.250. The molecule has 0 spiro atoms. The van der Waals surface area contributed by atoms with Crippen LogP contribution in [-0.2, 0) is 4.84 Å². The molecule has 1 aliphatic rings. The number of rotatable bonds is 2. The lowest BCUT2D eigenvalue weighted by Gasteiger charge is -2.14. The molecule has 0 saturated carbocycles. The van der Waals surface area contributed by atoms with Gasteiger partial charge in [0.05, 0.1) is 0 Å². The summed E-state index contributed by atoms with van der Waals surface area (Å²) in [7, 11) is 0. The number of hydroxylamine groups is 2. The van der Waals surface area contributed by atoms with E-state index in [1.165, 1.54) is 0 Å². The Morgan fingerprint density at radius 2 is 2.40 bits per heavy atom. The summed E-state index contributed by atoms with van der Waals surface area (Å²) in [4.78, 5) is 5.06. The first kappa shape index (κ1) is 6.93. The molecule has 0 aromatic heterocycles. The second-order valence-electron chi connectivity index (χ2n) is 1.93. The van der Waals surface area contributed by atoms with Crippen molar-refractivity contribution >= 4 is 0 Å². The molecule has 0 fully saturated rings. The summed E-state index contributed by atoms with van der Waals surface area (Å²) < 4.78 is 0. The Kier molecular flexibility index (Phi) is 2.62. The van der Waals surface area contributed by atoms with E-state index in [4.69, 9.17) is 4.84 Å². The second-order valence-corrected chi connectivity index (χ2v) is 1.93. The topological polar surface area (TPSA) is 12.5 Å². The number of hydrogen-bond donors (Lipinski definition) is 0. The van der Waals surface area contributed by atoms with Crippen LogP contribution in [0.3, 0.4) is 0 Å². The Morgan fingerprint density at radius 1 is 1.50 bits per heavy atom. The SMILES string of the molecule is CC/C=C/N1C=CC=CO1. The van der Waals surface area contributed by atoms with Crippen LogP contribution in [0.5, 0.6) is 0 Å². The second kappa shape index (κ2) is 3.77. The summed E-state index contributed by atoms with van der Waals surface area (Å²) in [6, 6.07) is 0. The molecule has 0 unspecified atom stereocenters. The Bertz CT molecular complexity index is 170. The molecule has 2 heteroatoms. The van der Waals surface area contributed by atoms with Gasteiger partial charge in [0, 0.05) is 12.4 Å². The van der Waals surface area contributed by atoms with Crippen molar-refractivity contribution in [1.82, 2.24) is 5.06 Å². The van der Waals surface area contributed by atoms with Gasteiger partial charge in [0.2, 0.25) is 0 Å². The van der Waals surface area contributed by atoms with Crippen molar-refractivity contribution < 1.29 is 4.84 Å². The number of hydrogen-bond acceptors (Lipinski definition) is 2. The molecule has 1 heterocycles. The van der Waals surface area contributed by atoms with Gasteiger partial charge in [-0.15, -0.1) is 0 Å². The molecule has 2 nitrogen and oxygen atoms in total. The third kappa shape index (κ3) is 1.97. The van der Waals surface area contributed by atoms with E-state index in [-0.39, 0.29) is 0 Å². The molecule has 0 bridgehead atoms. The van der Waals surface area contributed by atoms with E-state index in [2.05, 4.69) is 6.92 Å². The Labute approximate surface area is 61.0 Å². The third-order valence-electron chi connectivity index (χ3n) is 1.09. The van der Waals surface area contributed by atoms with E-state index in [1.54, 1.807) is 11.3 Å². The average Bonchev–Trinajstić information content (AvgIpc) is 2.03. The lowest BCUT2D eigenvalue weighted by Crippen LogP contribution is -2.07. The van der Waals surface area contributed by atoms with Crippen LogP contribution in [0, 0.1) is 0 Å². The van der Waals surface area contributed by atoms with Crippen molar-refractivity contribution in [3.8, 4) is 0 Å². The predicted molar refractivity (Wildman–Crippen MR) is 40.6 cm³/mol. The van der Waals surface area contributed by atoms with Crippen molar-refractivity contribution in [2.45, 2.75) is 13.3 Å². The van der Waals surface area contributed by atoms with E-state index >= 15 is 0 Å². The quantitative estimate of drug-likeness (QED) is 0.578. The van der Waals surface area contributed by atoms with E-state index in [9.17, 15) is 0 Å². The first-order valence-electron chi connectivity index (χ1n) is 3.38. The van der Waals surface area contributed by atoms with E-state index in [0.29, 0.717) is 0 Å². The third-order valence-corrected chi connectivity index (χ3v) is 1.09. The standard InChI is InChI=1S/C8H11NO/c1-2-3-6-9-7-4-5-8-10-9/h3-8H,2H2,1H3/b6-3+. The van der Waals surface area contributed by atoms with E-state index in [0.717, 1.165) is 6.42 Å². The molecular weight excluding hydrogens is 126 g/mol. The van der Waals surface area contributed by atoms with Gasteiger partial charge in [-0.25, -0.2) is 0 Å². The lowest BCUT2D eigenvalue weighted by molar-refractivity contribution is -0.0121. The van der Waals surface area contributed by atoms with Gasteiger partial charge in [-0.2, -0.15) is 5.06 Å². The molecule has 0 amide bonds. The number of allylic oxidation sites excluding steroid dienone is 3. The zero-order valence-corrected chi connectivity index (χ0v) is 6.03. The molecule has 0 N–H and O–H groups in total. The van der Waals surface area contributed by atoms with Gasteiger partial charge in [-0.05, 0) is 18.6 Å². The van der Waals surface area contributed by atoms with Crippen molar-refractivity contribution in [2.75, 3.05) is 0 Å². The summed E-state index contributed by atoms with van der Waals surface area (Å²) in [5, 5.41) is 1.66. The first-order valence-corrected chi connectivity index (χ1v) is 3.38. The maximum atomic E-state index is 5.06. The van der Waals surface area contributed by atoms with Crippen LogP contribution < -0.4 is 0 Å². The molecule has 0 radical (unpaired) electrons. The van der Waals surface area contributed by atoms with Gasteiger partial charge in [-0.1, -0.05) is 13.0 Å². The van der Waals surface area contributed by atoms with Crippen LogP contribution in [0.2, 0.25) is 0 Å². The zero-order chi connectivity index (χ0) is 7.23. The smallest absolute Gasteiger partial charge is 0.120 e. The van der Waals surface area contributed by atoms with Gasteiger partial charge in [0.25, 0.3) is 0 Å². The van der Waals surface area contributed by atoms with Gasteiger partial charge in [0.15, 0.2) is 0 Å². The summed E-state index contributed by atoms with van der Waals surface area (Å²) in [6.45, 7) is 2.08. The maximum Gasteiger partial charge on any atom is 0.120 e. The number of nitrogens with zero attached hydrogens (tertiary/aromatic N) is 1. The Morgan fingerprint density at radius 3 is 3.00 bits per heavy atom. The highest BCUT2D eigenvalue weighted by Crippen LogP contribution is 2.00. The van der Waals surface area contributed by atoms with Crippen LogP contribution in [-0.4, -0.2) is 5.06 Å². The largest absolute Gasteiger partial charge is 0.384 e. The molecule has 0 aromatic rings. The summed E-state index contributed by atoms with van der Waals surface area (Å²) in [6.07, 6.45) is 12.2. The van der Waals surface area contributed by atoms with Gasteiger partial charge in [0.1, 0.15) is 6.26 Å². The summed E-state index contributed by atoms with van der Waals surface area (Å²) >= 11 is 0. The van der Waals surface area contributed by atoms with Crippen LogP contribution in [0.25, 0.3) is 0 Å². The lowest BCUT2D eigenvalue weighted by atomic mass is 10.5. The van der Waals surface area contributed by atoms with Crippen molar-refractivity contribution in [1.29, 1.82) is 0 Å². The van der Waals surface area contributed by atoms with E-state index < -0.39 is 0 Å². The van der Waals surface area contributed by atoms with Crippen LogP contribution in [0.4, 0.5) is 0 Å². The van der Waals surface area contributed by atoms with Crippen molar-refractivity contribution in [3.05, 3.63) is 36.9 Å². The maximum absolute atomic E-state index is 5.06. The molecular formula is C8H11NO. The molecule has 0 atom stereocenters. The molecule has 0 saturated heterocycles. The Balaban J connectivity index is 2.36. The van der Waals surface area contributed by atoms with Gasteiger partial charge in [-0.3, -0.25) is 0 Å². The van der Waals surface area contributed by atoms with Crippen LogP contribution in [0.15, 0.2) is 36.9 Å². The molecule has 0 aliphatic carbocycles. The highest BCUT2D eigenvalue weighted by atomic mass is 16.7. The minimum atomic E-state index is 1.03. The average molecular weight is 137 g/mol. The minimum absolute atomic E-state index is 1.03. The van der Waals surface area contributed by atoms with E-state index in [1.807, 2.05) is 30.6 Å². The fourth-order valence-corrected chi connectivity index (χ4v) is 0.615. The molecule has 54 valence electrons. The zero-order valence-electron chi connectivity index (χ0n) is 6.03. The molecule has 1 aliphatic heterocycles. The molecule has 0 aromatic carbocycles. The normalized spacial score (nSPS) is 16.3. The predicted octanol–water partition coefficient (Wildman–Crippen LogP) is 2.18. The van der Waals surface area contributed by atoms with Gasteiger partial charge >= 0.3 is 0 Å². The van der Waals surface area contributed by atoms with Crippen LogP contribution in [0.1, 0.15) is 13.3 Å². The Hall–Kier alpha value is -1.18. The molecule has 10 heavy (non-hydrogen) atoms. The highest BCUT2D eigenvalue weighted by Gasteiger charge is 1.91. The van der Waals surface area contributed by atoms with Gasteiger partial charge < -0.3 is 4.84 Å². The van der Waals surface area contributed by atoms with Crippen molar-refractivity contribution in [3.63, 3.8) is 0 Å². The van der Waals surface area contributed by atoms with Crippen molar-refractivity contribution in [2.24, 2.45) is 0 Å². The fourth-order valence-electron chi connectivity index (χ4n) is 0.615. The minimum Gasteiger partial charge on any atom is -0.384 e. The summed E-state index contributed by atoms with van der Waals surface area (Å²) in [5.41, 5.74) is 0. The highest BCUT2D eigenvalue weighted by molar-refractivity contribution is 5.03. The molecule has 1 rings (SSSR count). The van der Waals surface area contributed by atoms with Crippen LogP contribution >= 0.6 is 0 Å².